The molecule has 214 valence electrons. The third-order valence-electron chi connectivity index (χ3n) is 6.15. The number of carbonyl (C=O) groups is 2. The van der Waals surface area contributed by atoms with E-state index in [0.29, 0.717) is 12.4 Å². The smallest absolute Gasteiger partial charge is 0.264 e. The number of aryl methyl sites for hydroxylation is 1. The topological polar surface area (TPSA) is 96.0 Å². The molecule has 40 heavy (non-hydrogen) atoms. The van der Waals surface area contributed by atoms with Crippen molar-refractivity contribution in [3.05, 3.63) is 89.7 Å². The van der Waals surface area contributed by atoms with E-state index in [4.69, 9.17) is 4.74 Å². The molecule has 1 N–H and O–H groups in total. The number of carbonyl (C=O) groups excluding carboxylic acids is 2. The average molecular weight is 570 g/mol. The predicted molar refractivity (Wildman–Crippen MR) is 153 cm³/mol. The van der Waals surface area contributed by atoms with E-state index < -0.39 is 34.3 Å². The molecule has 0 saturated carbocycles. The molecule has 0 spiro atoms. The van der Waals surface area contributed by atoms with Crippen molar-refractivity contribution < 1.29 is 27.1 Å². The molecule has 0 fully saturated rings. The number of rotatable bonds is 12. The molecule has 1 atom stereocenters. The fraction of sp³-hybridized carbons (Fsp3) is 0.333. The third kappa shape index (κ3) is 7.81. The molecule has 10 heteroatoms. The van der Waals surface area contributed by atoms with Gasteiger partial charge < -0.3 is 15.0 Å². The second-order valence-electron chi connectivity index (χ2n) is 9.74. The van der Waals surface area contributed by atoms with Gasteiger partial charge in [0.1, 0.15) is 24.2 Å². The Morgan fingerprint density at radius 1 is 0.975 bits per heavy atom. The number of hydrogen-bond acceptors (Lipinski definition) is 5. The van der Waals surface area contributed by atoms with Crippen LogP contribution >= 0.6 is 0 Å². The van der Waals surface area contributed by atoms with E-state index in [9.17, 15) is 22.4 Å². The first-order valence-electron chi connectivity index (χ1n) is 13.1. The van der Waals surface area contributed by atoms with Crippen molar-refractivity contribution in [3.63, 3.8) is 0 Å². The molecule has 1 unspecified atom stereocenters. The summed E-state index contributed by atoms with van der Waals surface area (Å²) < 4.78 is 47.8. The zero-order chi connectivity index (χ0) is 29.4. The molecule has 0 saturated heterocycles. The summed E-state index contributed by atoms with van der Waals surface area (Å²) in [5.41, 5.74) is 1.88. The zero-order valence-electron chi connectivity index (χ0n) is 23.4. The van der Waals surface area contributed by atoms with Gasteiger partial charge in [0, 0.05) is 12.6 Å². The average Bonchev–Trinajstić information content (AvgIpc) is 2.90. The van der Waals surface area contributed by atoms with E-state index >= 15 is 0 Å². The lowest BCUT2D eigenvalue weighted by atomic mass is 10.1. The van der Waals surface area contributed by atoms with Gasteiger partial charge in [0.25, 0.3) is 10.0 Å². The summed E-state index contributed by atoms with van der Waals surface area (Å²) >= 11 is 0. The van der Waals surface area contributed by atoms with Crippen LogP contribution < -0.4 is 14.4 Å². The fourth-order valence-electron chi connectivity index (χ4n) is 4.13. The van der Waals surface area contributed by atoms with Crippen LogP contribution in [0.2, 0.25) is 0 Å². The summed E-state index contributed by atoms with van der Waals surface area (Å²) in [5, 5.41) is 2.82. The first-order valence-corrected chi connectivity index (χ1v) is 14.5. The standard InChI is InChI=1S/C30H36FN3O5S/c1-6-39-27-14-16-28(17-15-27)40(37,38)34(26-12-10-25(31)11-13-26)20-29(35)33(23(5)30(36)32-21(2)3)19-24-9-7-8-22(4)18-24/h7-18,21,23H,6,19-20H2,1-5H3,(H,32,36). The van der Waals surface area contributed by atoms with Crippen LogP contribution in [0.4, 0.5) is 10.1 Å². The Labute approximate surface area is 235 Å². The Balaban J connectivity index is 2.02. The number of benzene rings is 3. The van der Waals surface area contributed by atoms with E-state index in [1.54, 1.807) is 6.92 Å². The highest BCUT2D eigenvalue weighted by molar-refractivity contribution is 7.92. The molecule has 0 heterocycles. The van der Waals surface area contributed by atoms with Gasteiger partial charge in [0.15, 0.2) is 0 Å². The normalized spacial score (nSPS) is 12.1. The van der Waals surface area contributed by atoms with Crippen LogP contribution in [0.25, 0.3) is 0 Å². The van der Waals surface area contributed by atoms with Gasteiger partial charge in [-0.3, -0.25) is 13.9 Å². The largest absolute Gasteiger partial charge is 0.494 e. The minimum absolute atomic E-state index is 0.0658. The van der Waals surface area contributed by atoms with E-state index in [0.717, 1.165) is 27.6 Å². The molecule has 0 bridgehead atoms. The molecule has 3 aromatic carbocycles. The SMILES string of the molecule is CCOc1ccc(S(=O)(=O)N(CC(=O)N(Cc2cccc(C)c2)C(C)C(=O)NC(C)C)c2ccc(F)cc2)cc1. The maximum absolute atomic E-state index is 13.9. The molecule has 8 nitrogen and oxygen atoms in total. The number of nitrogens with zero attached hydrogens (tertiary/aromatic N) is 2. The maximum atomic E-state index is 13.9. The number of sulfonamides is 1. The van der Waals surface area contributed by atoms with E-state index in [1.165, 1.54) is 41.3 Å². The van der Waals surface area contributed by atoms with Crippen LogP contribution in [0, 0.1) is 12.7 Å². The predicted octanol–water partition coefficient (Wildman–Crippen LogP) is 4.67. The molecular weight excluding hydrogens is 533 g/mol. The first kappa shape index (κ1) is 30.6. The lowest BCUT2D eigenvalue weighted by Crippen LogP contribution is -2.52. The van der Waals surface area contributed by atoms with Crippen molar-refractivity contribution in [2.45, 2.75) is 58.1 Å². The molecule has 2 amide bonds. The van der Waals surface area contributed by atoms with Crippen molar-refractivity contribution in [2.75, 3.05) is 17.5 Å². The maximum Gasteiger partial charge on any atom is 0.264 e. The van der Waals surface area contributed by atoms with Gasteiger partial charge in [-0.15, -0.1) is 0 Å². The van der Waals surface area contributed by atoms with Gasteiger partial charge in [-0.05, 0) is 88.7 Å². The Bertz CT molecular complexity index is 1410. The fourth-order valence-corrected chi connectivity index (χ4v) is 5.55. The lowest BCUT2D eigenvalue weighted by molar-refractivity contribution is -0.139. The first-order chi connectivity index (χ1) is 18.9. The van der Waals surface area contributed by atoms with Crippen molar-refractivity contribution in [1.82, 2.24) is 10.2 Å². The highest BCUT2D eigenvalue weighted by atomic mass is 32.2. The number of anilines is 1. The second-order valence-corrected chi connectivity index (χ2v) is 11.6. The Morgan fingerprint density at radius 3 is 2.20 bits per heavy atom. The minimum atomic E-state index is -4.26. The number of halogens is 1. The quantitative estimate of drug-likeness (QED) is 0.342. The Morgan fingerprint density at radius 2 is 1.62 bits per heavy atom. The Kier molecular flexibility index (Phi) is 10.3. The molecular formula is C30H36FN3O5S. The number of hydrogen-bond donors (Lipinski definition) is 1. The number of ether oxygens (including phenoxy) is 1. The van der Waals surface area contributed by atoms with Crippen LogP contribution in [-0.4, -0.2) is 50.4 Å². The summed E-state index contributed by atoms with van der Waals surface area (Å²) in [6, 6.07) is 17.2. The van der Waals surface area contributed by atoms with Gasteiger partial charge in [-0.2, -0.15) is 0 Å². The number of nitrogens with one attached hydrogen (secondary N) is 1. The second kappa shape index (κ2) is 13.4. The van der Waals surface area contributed by atoms with Crippen molar-refractivity contribution in [3.8, 4) is 5.75 Å². The highest BCUT2D eigenvalue weighted by Crippen LogP contribution is 2.26. The summed E-state index contributed by atoms with van der Waals surface area (Å²) in [4.78, 5) is 28.1. The van der Waals surface area contributed by atoms with Crippen molar-refractivity contribution in [1.29, 1.82) is 0 Å². The van der Waals surface area contributed by atoms with Crippen LogP contribution in [-0.2, 0) is 26.2 Å². The summed E-state index contributed by atoms with van der Waals surface area (Å²) in [6.07, 6.45) is 0. The third-order valence-corrected chi connectivity index (χ3v) is 7.94. The van der Waals surface area contributed by atoms with E-state index in [-0.39, 0.29) is 29.1 Å². The molecule has 0 aromatic heterocycles. The minimum Gasteiger partial charge on any atom is -0.494 e. The highest BCUT2D eigenvalue weighted by Gasteiger charge is 2.32. The van der Waals surface area contributed by atoms with E-state index in [2.05, 4.69) is 5.32 Å². The summed E-state index contributed by atoms with van der Waals surface area (Å²) in [5.74, 6) is -1.00. The Hall–Kier alpha value is -3.92. The van der Waals surface area contributed by atoms with Gasteiger partial charge >= 0.3 is 0 Å². The van der Waals surface area contributed by atoms with Crippen molar-refractivity contribution in [2.24, 2.45) is 0 Å². The summed E-state index contributed by atoms with van der Waals surface area (Å²) in [6.45, 7) is 8.88. The van der Waals surface area contributed by atoms with Crippen LogP contribution in [0.3, 0.4) is 0 Å². The molecule has 0 radical (unpaired) electrons. The van der Waals surface area contributed by atoms with Crippen LogP contribution in [0.1, 0.15) is 38.8 Å². The van der Waals surface area contributed by atoms with Gasteiger partial charge in [0.05, 0.1) is 17.2 Å². The summed E-state index contributed by atoms with van der Waals surface area (Å²) in [7, 11) is -4.26. The molecule has 0 aliphatic rings. The monoisotopic (exact) mass is 569 g/mol. The molecule has 3 rings (SSSR count). The number of amides is 2. The van der Waals surface area contributed by atoms with Crippen LogP contribution in [0.5, 0.6) is 5.75 Å². The van der Waals surface area contributed by atoms with Gasteiger partial charge in [0.2, 0.25) is 11.8 Å². The lowest BCUT2D eigenvalue weighted by Gasteiger charge is -2.32. The molecule has 0 aliphatic heterocycles. The van der Waals surface area contributed by atoms with Gasteiger partial charge in [-0.1, -0.05) is 29.8 Å². The zero-order valence-corrected chi connectivity index (χ0v) is 24.2. The van der Waals surface area contributed by atoms with Gasteiger partial charge in [-0.25, -0.2) is 12.8 Å². The van der Waals surface area contributed by atoms with Crippen LogP contribution in [0.15, 0.2) is 77.7 Å². The van der Waals surface area contributed by atoms with Crippen molar-refractivity contribution >= 4 is 27.5 Å². The van der Waals surface area contributed by atoms with E-state index in [1.807, 2.05) is 52.0 Å². The molecule has 3 aromatic rings. The molecule has 0 aliphatic carbocycles.